The molecule has 1 aromatic carbocycles. The predicted molar refractivity (Wildman–Crippen MR) is 132 cm³/mol. The normalized spacial score (nSPS) is 22.0. The zero-order valence-corrected chi connectivity index (χ0v) is 20.5. The smallest absolute Gasteiger partial charge is 0.255 e. The molecule has 37 heavy (non-hydrogen) atoms. The van der Waals surface area contributed by atoms with Crippen LogP contribution in [0, 0.1) is 18.6 Å². The fraction of sp³-hybridized carbons (Fsp3) is 0.407. The van der Waals surface area contributed by atoms with Gasteiger partial charge < -0.3 is 14.6 Å². The molecule has 8 nitrogen and oxygen atoms in total. The van der Waals surface area contributed by atoms with E-state index >= 15 is 0 Å². The van der Waals surface area contributed by atoms with Crippen molar-refractivity contribution >= 4 is 17.1 Å². The van der Waals surface area contributed by atoms with Crippen molar-refractivity contribution in [3.8, 4) is 0 Å². The first-order chi connectivity index (χ1) is 18.0. The molecular weight excluding hydrogens is 478 g/mol. The first-order valence-electron chi connectivity index (χ1n) is 12.8. The van der Waals surface area contributed by atoms with Gasteiger partial charge in [-0.2, -0.15) is 5.10 Å². The minimum absolute atomic E-state index is 0.0600. The summed E-state index contributed by atoms with van der Waals surface area (Å²) in [4.78, 5) is 15.3. The van der Waals surface area contributed by atoms with E-state index in [-0.39, 0.29) is 23.9 Å². The lowest BCUT2D eigenvalue weighted by molar-refractivity contribution is 0.0926. The third-order valence-electron chi connectivity index (χ3n) is 7.60. The summed E-state index contributed by atoms with van der Waals surface area (Å²) in [5.41, 5.74) is 2.37. The summed E-state index contributed by atoms with van der Waals surface area (Å²) < 4.78 is 35.7. The number of halogens is 2. The average Bonchev–Trinajstić information content (AvgIpc) is 3.65. The molecule has 2 aliphatic rings. The summed E-state index contributed by atoms with van der Waals surface area (Å²) >= 11 is 0. The molecular formula is C27H28F2N6O2. The van der Waals surface area contributed by atoms with Crippen molar-refractivity contribution in [2.24, 2.45) is 0 Å². The van der Waals surface area contributed by atoms with Gasteiger partial charge in [-0.1, -0.05) is 0 Å². The Labute approximate surface area is 212 Å². The van der Waals surface area contributed by atoms with Crippen LogP contribution in [0.4, 0.5) is 14.5 Å². The number of nitrogens with one attached hydrogen (secondary N) is 1. The number of amides is 1. The van der Waals surface area contributed by atoms with Gasteiger partial charge in [-0.25, -0.2) is 13.3 Å². The molecule has 10 heteroatoms. The maximum Gasteiger partial charge on any atom is 0.255 e. The second-order valence-electron chi connectivity index (χ2n) is 9.97. The lowest BCUT2D eigenvalue weighted by Gasteiger charge is -2.28. The van der Waals surface area contributed by atoms with Gasteiger partial charge in [0.2, 0.25) is 11.8 Å². The van der Waals surface area contributed by atoms with Gasteiger partial charge in [0.05, 0.1) is 23.3 Å². The quantitative estimate of drug-likeness (QED) is 0.405. The Morgan fingerprint density at radius 2 is 1.92 bits per heavy atom. The number of benzene rings is 1. The van der Waals surface area contributed by atoms with Gasteiger partial charge >= 0.3 is 0 Å². The monoisotopic (exact) mass is 506 g/mol. The van der Waals surface area contributed by atoms with E-state index in [1.54, 1.807) is 23.8 Å². The summed E-state index contributed by atoms with van der Waals surface area (Å²) in [6.45, 7) is 2.50. The van der Waals surface area contributed by atoms with Crippen molar-refractivity contribution in [1.29, 1.82) is 0 Å². The fourth-order valence-electron chi connectivity index (χ4n) is 5.72. The number of carbonyl (C=O) groups is 1. The molecule has 1 N–H and O–H groups in total. The highest BCUT2D eigenvalue weighted by molar-refractivity contribution is 6.01. The number of rotatable bonds is 5. The van der Waals surface area contributed by atoms with Crippen molar-refractivity contribution in [3.05, 3.63) is 77.3 Å². The molecule has 0 unspecified atom stereocenters. The number of carbonyl (C=O) groups excluding carboxylic acids is 1. The Balaban J connectivity index is 1.18. The van der Waals surface area contributed by atoms with Crippen molar-refractivity contribution in [1.82, 2.24) is 25.1 Å². The van der Waals surface area contributed by atoms with Crippen LogP contribution in [0.3, 0.4) is 0 Å². The molecule has 1 aliphatic heterocycles. The molecule has 0 bridgehead atoms. The van der Waals surface area contributed by atoms with Crippen LogP contribution < -0.4 is 10.2 Å². The first kappa shape index (κ1) is 23.6. The van der Waals surface area contributed by atoms with E-state index in [4.69, 9.17) is 4.42 Å². The number of aryl methyl sites for hydroxylation is 1. The largest absolute Gasteiger partial charge is 0.425 e. The van der Waals surface area contributed by atoms with Gasteiger partial charge in [-0.15, -0.1) is 10.2 Å². The van der Waals surface area contributed by atoms with E-state index in [0.717, 1.165) is 56.8 Å². The van der Waals surface area contributed by atoms with Crippen molar-refractivity contribution in [3.63, 3.8) is 0 Å². The van der Waals surface area contributed by atoms with Crippen molar-refractivity contribution in [2.45, 2.75) is 63.5 Å². The van der Waals surface area contributed by atoms with Gasteiger partial charge in [0, 0.05) is 42.9 Å². The Morgan fingerprint density at radius 3 is 2.70 bits per heavy atom. The fourth-order valence-corrected chi connectivity index (χ4v) is 5.72. The van der Waals surface area contributed by atoms with Crippen LogP contribution in [-0.4, -0.2) is 38.3 Å². The Morgan fingerprint density at radius 1 is 1.08 bits per heavy atom. The number of anilines is 1. The van der Waals surface area contributed by atoms with E-state index in [9.17, 15) is 13.6 Å². The van der Waals surface area contributed by atoms with E-state index in [1.807, 2.05) is 12.1 Å². The lowest BCUT2D eigenvalue weighted by atomic mass is 9.86. The molecule has 4 heterocycles. The van der Waals surface area contributed by atoms with Gasteiger partial charge in [0.25, 0.3) is 5.91 Å². The Hall–Kier alpha value is -3.82. The highest BCUT2D eigenvalue weighted by Crippen LogP contribution is 2.38. The summed E-state index contributed by atoms with van der Waals surface area (Å²) in [7, 11) is 0. The molecule has 192 valence electrons. The summed E-state index contributed by atoms with van der Waals surface area (Å²) in [5.74, 6) is 0.445. The van der Waals surface area contributed by atoms with E-state index in [1.165, 1.54) is 12.1 Å². The van der Waals surface area contributed by atoms with Gasteiger partial charge in [-0.05, 0) is 68.9 Å². The van der Waals surface area contributed by atoms with Crippen LogP contribution in [0.15, 0.2) is 47.1 Å². The average molecular weight is 507 g/mol. The topological polar surface area (TPSA) is 88.6 Å². The zero-order chi connectivity index (χ0) is 25.5. The number of aromatic nitrogens is 4. The highest BCUT2D eigenvalue weighted by atomic mass is 19.1. The van der Waals surface area contributed by atoms with Crippen LogP contribution >= 0.6 is 0 Å². The molecule has 1 amide bonds. The molecule has 2 fully saturated rings. The minimum Gasteiger partial charge on any atom is -0.425 e. The van der Waals surface area contributed by atoms with Crippen LogP contribution in [0.5, 0.6) is 0 Å². The molecule has 3 aromatic heterocycles. The predicted octanol–water partition coefficient (Wildman–Crippen LogP) is 5.10. The lowest BCUT2D eigenvalue weighted by Crippen LogP contribution is -2.37. The zero-order valence-electron chi connectivity index (χ0n) is 20.5. The number of fused-ring (bicyclic) bond motifs is 1. The number of nitrogens with zero attached hydrogens (tertiary/aromatic N) is 5. The summed E-state index contributed by atoms with van der Waals surface area (Å²) in [5, 5.41) is 15.6. The summed E-state index contributed by atoms with van der Waals surface area (Å²) in [6.07, 6.45) is 8.38. The van der Waals surface area contributed by atoms with Crippen LogP contribution in [0.2, 0.25) is 0 Å². The second-order valence-corrected chi connectivity index (χ2v) is 9.97. The number of pyridine rings is 1. The molecule has 1 aliphatic carbocycles. The minimum atomic E-state index is -0.449. The van der Waals surface area contributed by atoms with E-state index < -0.39 is 11.6 Å². The number of hydrogen-bond acceptors (Lipinski definition) is 6. The first-order valence-corrected chi connectivity index (χ1v) is 12.8. The SMILES string of the molecule is Cc1nnc(C2CCC(NC(=O)c3cnn4ccc(N5CCC[C@@H]5c5cc(F)ccc5F)cc34)CC2)o1. The Bertz CT molecular complexity index is 1440. The van der Waals surface area contributed by atoms with Crippen molar-refractivity contribution < 1.29 is 18.0 Å². The molecule has 0 radical (unpaired) electrons. The molecule has 1 saturated carbocycles. The van der Waals surface area contributed by atoms with Crippen LogP contribution in [0.25, 0.3) is 5.52 Å². The van der Waals surface area contributed by atoms with E-state index in [0.29, 0.717) is 28.4 Å². The molecule has 4 aromatic rings. The Kier molecular flexibility index (Phi) is 6.10. The third-order valence-corrected chi connectivity index (χ3v) is 7.60. The standard InChI is InChI=1S/C27H28F2N6O2/c1-16-32-33-27(37-16)17-4-7-19(8-5-17)31-26(36)22-15-30-35-12-10-20(14-25(22)35)34-11-2-3-24(34)21-13-18(28)6-9-23(21)29/h6,9-10,12-15,17,19,24H,2-5,7-8,11H2,1H3,(H,31,36)/t17?,19?,24-/m1/s1. The number of hydrogen-bond donors (Lipinski definition) is 1. The second kappa shape index (κ2) is 9.57. The van der Waals surface area contributed by atoms with Crippen LogP contribution in [-0.2, 0) is 0 Å². The maximum absolute atomic E-state index is 14.6. The van der Waals surface area contributed by atoms with Gasteiger partial charge in [0.15, 0.2) is 0 Å². The van der Waals surface area contributed by atoms with E-state index in [2.05, 4.69) is 25.5 Å². The highest BCUT2D eigenvalue weighted by Gasteiger charge is 2.30. The third kappa shape index (κ3) is 4.56. The van der Waals surface area contributed by atoms with Crippen molar-refractivity contribution in [2.75, 3.05) is 11.4 Å². The molecule has 1 atom stereocenters. The van der Waals surface area contributed by atoms with Gasteiger partial charge in [0.1, 0.15) is 11.6 Å². The van der Waals surface area contributed by atoms with Gasteiger partial charge in [-0.3, -0.25) is 4.79 Å². The maximum atomic E-state index is 14.6. The molecule has 0 spiro atoms. The summed E-state index contributed by atoms with van der Waals surface area (Å²) in [6, 6.07) is 7.20. The molecule has 1 saturated heterocycles. The molecule has 6 rings (SSSR count). The van der Waals surface area contributed by atoms with Crippen LogP contribution in [0.1, 0.15) is 78.2 Å².